The summed E-state index contributed by atoms with van der Waals surface area (Å²) in [6.07, 6.45) is -0.346. The topological polar surface area (TPSA) is 105 Å². The molecule has 0 heterocycles. The molecule has 0 aromatic carbocycles. The minimum Gasteiger partial charge on any atom is -0.307 e. The lowest BCUT2D eigenvalue weighted by Crippen LogP contribution is -2.07. The van der Waals surface area contributed by atoms with Gasteiger partial charge in [-0.2, -0.15) is 0 Å². The van der Waals surface area contributed by atoms with E-state index in [-0.39, 0.29) is 19.3 Å². The van der Waals surface area contributed by atoms with Gasteiger partial charge in [-0.15, -0.1) is 0 Å². The summed E-state index contributed by atoms with van der Waals surface area (Å²) >= 11 is 0. The van der Waals surface area contributed by atoms with E-state index in [0.717, 1.165) is 28.4 Å². The number of carbonyl (C=O) groups excluding carboxylic acids is 2. The van der Waals surface area contributed by atoms with E-state index >= 15 is 0 Å². The molecule has 0 aliphatic carbocycles. The Morgan fingerprint density at radius 1 is 0.737 bits per heavy atom. The molecule has 0 unspecified atom stereocenters. The molecule has 0 N–H and O–H groups in total. The van der Waals surface area contributed by atoms with E-state index in [1.54, 1.807) is 0 Å². The van der Waals surface area contributed by atoms with Gasteiger partial charge < -0.3 is 18.1 Å². The number of carbonyl (C=O) groups is 2. The van der Waals surface area contributed by atoms with Gasteiger partial charge in [0.25, 0.3) is 0 Å². The van der Waals surface area contributed by atoms with E-state index in [1.807, 2.05) is 0 Å². The summed E-state index contributed by atoms with van der Waals surface area (Å²) < 4.78 is 41.3. The molecular formula is C9H18O8P2. The number of hydrogen-bond donors (Lipinski definition) is 0. The lowest BCUT2D eigenvalue weighted by atomic mass is 10.3. The van der Waals surface area contributed by atoms with E-state index in [4.69, 9.17) is 0 Å². The zero-order valence-electron chi connectivity index (χ0n) is 11.3. The van der Waals surface area contributed by atoms with Crippen LogP contribution in [-0.4, -0.2) is 39.5 Å². The first kappa shape index (κ1) is 18.6. The molecule has 8 nitrogen and oxygen atoms in total. The van der Waals surface area contributed by atoms with Crippen molar-refractivity contribution in [2.24, 2.45) is 0 Å². The van der Waals surface area contributed by atoms with Gasteiger partial charge in [0.05, 0.1) is 0 Å². The average molecular weight is 316 g/mol. The van der Waals surface area contributed by atoms with Crippen LogP contribution in [0.1, 0.15) is 19.3 Å². The van der Waals surface area contributed by atoms with Crippen LogP contribution in [0.4, 0.5) is 0 Å². The first-order chi connectivity index (χ1) is 8.79. The minimum absolute atomic E-state index is 0.0467. The van der Waals surface area contributed by atoms with Crippen LogP contribution in [0.2, 0.25) is 0 Å². The second-order valence-corrected chi connectivity index (χ2v) is 7.81. The fraction of sp³-hybridized carbons (Fsp3) is 0.778. The smallest absolute Gasteiger partial charge is 0.307 e. The van der Waals surface area contributed by atoms with Crippen LogP contribution >= 0.6 is 15.2 Å². The largest absolute Gasteiger partial charge is 0.396 e. The van der Waals surface area contributed by atoms with Crippen molar-refractivity contribution in [2.45, 2.75) is 19.3 Å². The van der Waals surface area contributed by atoms with Gasteiger partial charge in [0.2, 0.25) is 11.0 Å². The summed E-state index contributed by atoms with van der Waals surface area (Å²) in [7, 11) is -3.16. The minimum atomic E-state index is -3.77. The number of hydrogen-bond acceptors (Lipinski definition) is 8. The molecule has 10 heteroatoms. The molecular weight excluding hydrogens is 298 g/mol. The fourth-order valence-corrected chi connectivity index (χ4v) is 3.20. The molecule has 0 bridgehead atoms. The van der Waals surface area contributed by atoms with E-state index in [9.17, 15) is 18.7 Å². The Balaban J connectivity index is 4.40. The molecule has 0 radical (unpaired) electrons. The van der Waals surface area contributed by atoms with Crippen LogP contribution in [0.25, 0.3) is 0 Å². The van der Waals surface area contributed by atoms with E-state index in [1.165, 1.54) is 0 Å². The zero-order valence-corrected chi connectivity index (χ0v) is 13.1. The van der Waals surface area contributed by atoms with Crippen molar-refractivity contribution < 1.29 is 36.8 Å². The van der Waals surface area contributed by atoms with E-state index in [2.05, 4.69) is 18.1 Å². The predicted octanol–water partition coefficient (Wildman–Crippen LogP) is 2.18. The Morgan fingerprint density at radius 3 is 1.21 bits per heavy atom. The third-order valence-corrected chi connectivity index (χ3v) is 5.95. The van der Waals surface area contributed by atoms with Gasteiger partial charge in [-0.05, 0) is 6.42 Å². The maximum absolute atomic E-state index is 11.7. The van der Waals surface area contributed by atoms with Gasteiger partial charge in [-0.25, -0.2) is 0 Å². The molecule has 0 fully saturated rings. The predicted molar refractivity (Wildman–Crippen MR) is 67.1 cm³/mol. The van der Waals surface area contributed by atoms with Crippen LogP contribution < -0.4 is 0 Å². The van der Waals surface area contributed by atoms with Gasteiger partial charge >= 0.3 is 15.2 Å². The Hall–Kier alpha value is -0.360. The normalized spacial score (nSPS) is 12.4. The lowest BCUT2D eigenvalue weighted by Gasteiger charge is -2.13. The molecule has 0 aromatic heterocycles. The third-order valence-electron chi connectivity index (χ3n) is 2.35. The highest BCUT2D eigenvalue weighted by atomic mass is 31.2. The first-order valence-electron chi connectivity index (χ1n) is 5.29. The van der Waals surface area contributed by atoms with Crippen LogP contribution in [-0.2, 0) is 36.8 Å². The molecule has 19 heavy (non-hydrogen) atoms. The van der Waals surface area contributed by atoms with Crippen molar-refractivity contribution in [3.63, 3.8) is 0 Å². The lowest BCUT2D eigenvalue weighted by molar-refractivity contribution is -0.115. The van der Waals surface area contributed by atoms with Crippen LogP contribution in [0.3, 0.4) is 0 Å². The van der Waals surface area contributed by atoms with Crippen LogP contribution in [0, 0.1) is 0 Å². The summed E-state index contributed by atoms with van der Waals surface area (Å²) in [6, 6.07) is 0. The monoisotopic (exact) mass is 316 g/mol. The Kier molecular flexibility index (Phi) is 7.89. The molecule has 0 amide bonds. The highest BCUT2D eigenvalue weighted by Gasteiger charge is 2.34. The Morgan fingerprint density at radius 2 is 1.00 bits per heavy atom. The van der Waals surface area contributed by atoms with Gasteiger partial charge in [0, 0.05) is 41.3 Å². The quantitative estimate of drug-likeness (QED) is 0.565. The molecule has 112 valence electrons. The molecule has 0 spiro atoms. The SMILES string of the molecule is COP(=O)(OC)C(=O)CCCC(=O)P(=O)(OC)OC. The van der Waals surface area contributed by atoms with Crippen molar-refractivity contribution in [2.75, 3.05) is 28.4 Å². The second-order valence-electron chi connectivity index (χ2n) is 3.37. The van der Waals surface area contributed by atoms with E-state index in [0.29, 0.717) is 0 Å². The van der Waals surface area contributed by atoms with Gasteiger partial charge in [0.15, 0.2) is 0 Å². The third kappa shape index (κ3) is 4.91. The standard InChI is InChI=1S/C9H18O8P2/c1-14-18(12,15-2)8(10)6-5-7-9(11)19(13,16-3)17-4/h5-7H2,1-4H3. The van der Waals surface area contributed by atoms with E-state index < -0.39 is 26.2 Å². The van der Waals surface area contributed by atoms with Crippen molar-refractivity contribution in [1.29, 1.82) is 0 Å². The first-order valence-corrected chi connectivity index (χ1v) is 8.38. The Labute approximate surface area is 111 Å². The number of rotatable bonds is 10. The van der Waals surface area contributed by atoms with Crippen molar-refractivity contribution in [3.05, 3.63) is 0 Å². The summed E-state index contributed by atoms with van der Waals surface area (Å²) in [5.41, 5.74) is -1.48. The van der Waals surface area contributed by atoms with Gasteiger partial charge in [-0.1, -0.05) is 0 Å². The van der Waals surface area contributed by atoms with Crippen molar-refractivity contribution in [3.8, 4) is 0 Å². The van der Waals surface area contributed by atoms with Crippen molar-refractivity contribution >= 4 is 26.2 Å². The maximum Gasteiger partial charge on any atom is 0.396 e. The fourth-order valence-electron chi connectivity index (χ4n) is 1.22. The highest BCUT2D eigenvalue weighted by Crippen LogP contribution is 2.50. The zero-order chi connectivity index (χ0) is 15.1. The van der Waals surface area contributed by atoms with Crippen molar-refractivity contribution in [1.82, 2.24) is 0 Å². The van der Waals surface area contributed by atoms with Crippen LogP contribution in [0.5, 0.6) is 0 Å². The maximum atomic E-state index is 11.7. The summed E-state index contributed by atoms with van der Waals surface area (Å²) in [5, 5.41) is 0. The molecule has 0 saturated carbocycles. The molecule has 0 aliphatic rings. The summed E-state index contributed by atoms with van der Waals surface area (Å²) in [6.45, 7) is 0. The summed E-state index contributed by atoms with van der Waals surface area (Å²) in [4.78, 5) is 23.1. The second kappa shape index (κ2) is 8.04. The average Bonchev–Trinajstić information content (AvgIpc) is 2.44. The van der Waals surface area contributed by atoms with Crippen LogP contribution in [0.15, 0.2) is 0 Å². The highest BCUT2D eigenvalue weighted by molar-refractivity contribution is 7.72. The molecule has 0 saturated heterocycles. The molecule has 0 atom stereocenters. The van der Waals surface area contributed by atoms with Gasteiger partial charge in [0.1, 0.15) is 0 Å². The molecule has 0 rings (SSSR count). The molecule has 0 aromatic rings. The summed E-state index contributed by atoms with van der Waals surface area (Å²) in [5.74, 6) is 0. The Bertz CT molecular complexity index is 364. The van der Waals surface area contributed by atoms with Gasteiger partial charge in [-0.3, -0.25) is 18.7 Å². The molecule has 0 aliphatic heterocycles.